The topological polar surface area (TPSA) is 59.2 Å². The molecule has 0 atom stereocenters. The molecule has 1 aromatic carbocycles. The van der Waals surface area contributed by atoms with E-state index in [2.05, 4.69) is 14.9 Å². The molecule has 0 aliphatic carbocycles. The molecule has 4 rings (SSSR count). The molecule has 0 bridgehead atoms. The lowest BCUT2D eigenvalue weighted by Crippen LogP contribution is -2.48. The van der Waals surface area contributed by atoms with Crippen LogP contribution >= 0.6 is 0 Å². The van der Waals surface area contributed by atoms with Gasteiger partial charge < -0.3 is 14.0 Å². The molecule has 27 heavy (non-hydrogen) atoms. The van der Waals surface area contributed by atoms with E-state index >= 15 is 0 Å². The first-order valence-corrected chi connectivity index (χ1v) is 9.18. The summed E-state index contributed by atoms with van der Waals surface area (Å²) in [5.74, 6) is 1.94. The predicted octanol–water partition coefficient (Wildman–Crippen LogP) is 1.78. The largest absolute Gasteiger partial charge is 0.337 e. The highest BCUT2D eigenvalue weighted by molar-refractivity contribution is 6.00. The second kappa shape index (κ2) is 7.36. The van der Waals surface area contributed by atoms with Crippen LogP contribution in [0.4, 0.5) is 0 Å². The van der Waals surface area contributed by atoms with Gasteiger partial charge in [-0.1, -0.05) is 18.2 Å². The highest BCUT2D eigenvalue weighted by Crippen LogP contribution is 2.23. The second-order valence-electron chi connectivity index (χ2n) is 6.93. The normalized spacial score (nSPS) is 15.3. The van der Waals surface area contributed by atoms with Crippen molar-refractivity contribution in [1.82, 2.24) is 28.9 Å². The lowest BCUT2D eigenvalue weighted by Gasteiger charge is -2.34. The summed E-state index contributed by atoms with van der Waals surface area (Å²) in [6.07, 6.45) is 7.44. The van der Waals surface area contributed by atoms with Crippen LogP contribution in [0.2, 0.25) is 0 Å². The molecule has 0 spiro atoms. The number of carbonyl (C=O) groups excluding carboxylic acids is 1. The molecule has 3 aromatic rings. The van der Waals surface area contributed by atoms with E-state index in [0.717, 1.165) is 49.9 Å². The fourth-order valence-corrected chi connectivity index (χ4v) is 3.52. The maximum atomic E-state index is 13.2. The summed E-state index contributed by atoms with van der Waals surface area (Å²) < 4.78 is 3.98. The van der Waals surface area contributed by atoms with Crippen molar-refractivity contribution >= 4 is 5.91 Å². The molecular formula is C20H24N6O. The Morgan fingerprint density at radius 1 is 0.963 bits per heavy atom. The fourth-order valence-electron chi connectivity index (χ4n) is 3.52. The van der Waals surface area contributed by atoms with E-state index in [4.69, 9.17) is 0 Å². The van der Waals surface area contributed by atoms with Crippen molar-refractivity contribution < 1.29 is 4.79 Å². The van der Waals surface area contributed by atoms with Gasteiger partial charge in [0.1, 0.15) is 11.6 Å². The molecule has 1 saturated heterocycles. The molecule has 1 aliphatic rings. The summed E-state index contributed by atoms with van der Waals surface area (Å²) in [4.78, 5) is 26.2. The number of amides is 1. The van der Waals surface area contributed by atoms with Crippen molar-refractivity contribution in [3.63, 3.8) is 0 Å². The Morgan fingerprint density at radius 3 is 2.33 bits per heavy atom. The quantitative estimate of drug-likeness (QED) is 0.708. The molecule has 1 amide bonds. The van der Waals surface area contributed by atoms with Crippen LogP contribution in [-0.4, -0.2) is 61.0 Å². The Morgan fingerprint density at radius 2 is 1.67 bits per heavy atom. The van der Waals surface area contributed by atoms with Gasteiger partial charge in [-0.25, -0.2) is 9.97 Å². The molecule has 7 nitrogen and oxygen atoms in total. The molecule has 0 N–H and O–H groups in total. The lowest BCUT2D eigenvalue weighted by atomic mass is 10.0. The smallest absolute Gasteiger partial charge is 0.254 e. The van der Waals surface area contributed by atoms with Crippen LogP contribution in [0.3, 0.4) is 0 Å². The van der Waals surface area contributed by atoms with E-state index in [1.54, 1.807) is 6.20 Å². The number of rotatable bonds is 4. The third-order valence-electron chi connectivity index (χ3n) is 5.17. The van der Waals surface area contributed by atoms with Gasteiger partial charge in [-0.15, -0.1) is 0 Å². The molecule has 1 aliphatic heterocycles. The Labute approximate surface area is 158 Å². The second-order valence-corrected chi connectivity index (χ2v) is 6.93. The molecule has 0 unspecified atom stereocenters. The maximum absolute atomic E-state index is 13.2. The molecule has 0 radical (unpaired) electrons. The van der Waals surface area contributed by atoms with E-state index in [1.807, 2.05) is 71.0 Å². The first kappa shape index (κ1) is 17.5. The number of piperazine rings is 1. The van der Waals surface area contributed by atoms with Crippen molar-refractivity contribution in [2.75, 3.05) is 26.2 Å². The van der Waals surface area contributed by atoms with Gasteiger partial charge in [-0.05, 0) is 6.07 Å². The molecule has 7 heteroatoms. The van der Waals surface area contributed by atoms with Crippen LogP contribution in [0, 0.1) is 0 Å². The minimum Gasteiger partial charge on any atom is -0.337 e. The summed E-state index contributed by atoms with van der Waals surface area (Å²) in [5, 5.41) is 0. The van der Waals surface area contributed by atoms with E-state index in [9.17, 15) is 4.79 Å². The minimum atomic E-state index is 0.0743. The molecular weight excluding hydrogens is 340 g/mol. The van der Waals surface area contributed by atoms with E-state index < -0.39 is 0 Å². The molecule has 1 fully saturated rings. The van der Waals surface area contributed by atoms with Crippen LogP contribution in [-0.2, 0) is 20.6 Å². The predicted molar refractivity (Wildman–Crippen MR) is 103 cm³/mol. The SMILES string of the molecule is Cn1ccnc1CN1CCN(C(=O)c2ccccc2-c2nccn2C)CC1. The van der Waals surface area contributed by atoms with Gasteiger partial charge in [0.25, 0.3) is 5.91 Å². The summed E-state index contributed by atoms with van der Waals surface area (Å²) in [7, 11) is 3.95. The Kier molecular flexibility index (Phi) is 4.77. The summed E-state index contributed by atoms with van der Waals surface area (Å²) in [6.45, 7) is 3.96. The van der Waals surface area contributed by atoms with Crippen LogP contribution in [0.5, 0.6) is 0 Å². The number of hydrogen-bond acceptors (Lipinski definition) is 4. The molecule has 2 aromatic heterocycles. The monoisotopic (exact) mass is 364 g/mol. The molecule has 0 saturated carbocycles. The van der Waals surface area contributed by atoms with Gasteiger partial charge >= 0.3 is 0 Å². The maximum Gasteiger partial charge on any atom is 0.254 e. The van der Waals surface area contributed by atoms with Crippen molar-refractivity contribution in [2.24, 2.45) is 14.1 Å². The van der Waals surface area contributed by atoms with Crippen LogP contribution in [0.1, 0.15) is 16.2 Å². The number of hydrogen-bond donors (Lipinski definition) is 0. The first-order valence-electron chi connectivity index (χ1n) is 9.18. The zero-order chi connectivity index (χ0) is 18.8. The average Bonchev–Trinajstić information content (AvgIpc) is 3.30. The lowest BCUT2D eigenvalue weighted by molar-refractivity contribution is 0.0625. The standard InChI is InChI=1S/C20H24N6O/c1-23-9-7-21-18(23)15-25-11-13-26(14-12-25)20(27)17-6-4-3-5-16(17)19-22-8-10-24(19)2/h3-10H,11-15H2,1-2H3. The highest BCUT2D eigenvalue weighted by atomic mass is 16.2. The fraction of sp³-hybridized carbons (Fsp3) is 0.350. The van der Waals surface area contributed by atoms with E-state index in [-0.39, 0.29) is 5.91 Å². The van der Waals surface area contributed by atoms with Crippen molar-refractivity contribution in [2.45, 2.75) is 6.54 Å². The Hall–Kier alpha value is -2.93. The number of carbonyl (C=O) groups is 1. The zero-order valence-corrected chi connectivity index (χ0v) is 15.7. The van der Waals surface area contributed by atoms with Crippen LogP contribution in [0.15, 0.2) is 49.1 Å². The highest BCUT2D eigenvalue weighted by Gasteiger charge is 2.25. The van der Waals surface area contributed by atoms with Crippen molar-refractivity contribution in [1.29, 1.82) is 0 Å². The number of aryl methyl sites for hydroxylation is 2. The van der Waals surface area contributed by atoms with E-state index in [1.165, 1.54) is 0 Å². The number of nitrogens with zero attached hydrogens (tertiary/aromatic N) is 6. The Bertz CT molecular complexity index is 935. The Balaban J connectivity index is 1.46. The number of benzene rings is 1. The summed E-state index contributed by atoms with van der Waals surface area (Å²) in [6, 6.07) is 7.72. The number of imidazole rings is 2. The van der Waals surface area contributed by atoms with Crippen LogP contribution in [0.25, 0.3) is 11.4 Å². The summed E-state index contributed by atoms with van der Waals surface area (Å²) >= 11 is 0. The van der Waals surface area contributed by atoms with Gasteiger partial charge in [-0.2, -0.15) is 0 Å². The molecule has 140 valence electrons. The first-order chi connectivity index (χ1) is 13.1. The minimum absolute atomic E-state index is 0.0743. The average molecular weight is 364 g/mol. The van der Waals surface area contributed by atoms with Gasteiger partial charge in [0.2, 0.25) is 0 Å². The van der Waals surface area contributed by atoms with Crippen molar-refractivity contribution in [3.05, 3.63) is 60.4 Å². The van der Waals surface area contributed by atoms with Crippen LogP contribution < -0.4 is 0 Å². The van der Waals surface area contributed by atoms with Crippen molar-refractivity contribution in [3.8, 4) is 11.4 Å². The van der Waals surface area contributed by atoms with Gasteiger partial charge in [0.15, 0.2) is 0 Å². The third kappa shape index (κ3) is 3.50. The zero-order valence-electron chi connectivity index (χ0n) is 15.7. The van der Waals surface area contributed by atoms with Gasteiger partial charge in [0, 0.05) is 70.6 Å². The van der Waals surface area contributed by atoms with E-state index in [0.29, 0.717) is 5.56 Å². The summed E-state index contributed by atoms with van der Waals surface area (Å²) in [5.41, 5.74) is 1.59. The molecule has 3 heterocycles. The third-order valence-corrected chi connectivity index (χ3v) is 5.17. The van der Waals surface area contributed by atoms with Gasteiger partial charge in [0.05, 0.1) is 12.1 Å². The number of aromatic nitrogens is 4. The van der Waals surface area contributed by atoms with Gasteiger partial charge in [-0.3, -0.25) is 9.69 Å².